The number of benzene rings is 24. The van der Waals surface area contributed by atoms with Crippen LogP contribution in [0.15, 0.2) is 547 Å². The number of nitrogens with zero attached hydrogens (tertiary/aromatic N) is 6. The number of fused-ring (bicyclic) bond motifs is 25. The van der Waals surface area contributed by atoms with E-state index < -0.39 is 5.41 Å². The van der Waals surface area contributed by atoms with Crippen molar-refractivity contribution < 1.29 is 13.3 Å². The second-order valence-electron chi connectivity index (χ2n) is 37.1. The summed E-state index contributed by atoms with van der Waals surface area (Å²) >= 11 is 0. The van der Waals surface area contributed by atoms with Crippen molar-refractivity contribution in [2.75, 3.05) is 14.7 Å². The Bertz CT molecular complexity index is 9520. The Hall–Kier alpha value is -19.4. The van der Waals surface area contributed by atoms with E-state index in [2.05, 4.69) is 451 Å². The Balaban J connectivity index is 0.000000109. The van der Waals surface area contributed by atoms with Gasteiger partial charge in [0.05, 0.1) is 11.1 Å². The highest BCUT2D eigenvalue weighted by molar-refractivity contribution is 6.23. The van der Waals surface area contributed by atoms with Gasteiger partial charge in [0, 0.05) is 83.7 Å². The van der Waals surface area contributed by atoms with Crippen LogP contribution in [0.1, 0.15) is 22.3 Å². The number of para-hydroxylation sites is 4. The van der Waals surface area contributed by atoms with Gasteiger partial charge in [-0.15, -0.1) is 0 Å². The molecule has 1 spiro atoms. The van der Waals surface area contributed by atoms with Crippen molar-refractivity contribution >= 4 is 149 Å². The summed E-state index contributed by atoms with van der Waals surface area (Å²) in [5.74, 6) is 1.89. The molecule has 0 N–H and O–H groups in total. The van der Waals surface area contributed by atoms with Gasteiger partial charge in [0.1, 0.15) is 16.6 Å². The molecule has 0 radical (unpaired) electrons. The van der Waals surface area contributed by atoms with Gasteiger partial charge in [-0.3, -0.25) is 0 Å². The molecular weight excluding hydrogens is 1770 g/mol. The predicted octanol–water partition coefficient (Wildman–Crippen LogP) is 37.2. The zero-order valence-corrected chi connectivity index (χ0v) is 78.7. The molecule has 0 saturated heterocycles. The maximum Gasteiger partial charge on any atom is 0.227 e. The second-order valence-corrected chi connectivity index (χ2v) is 37.1. The van der Waals surface area contributed by atoms with E-state index in [0.717, 1.165) is 177 Å². The highest BCUT2D eigenvalue weighted by atomic mass is 16.4. The van der Waals surface area contributed by atoms with Gasteiger partial charge in [0.25, 0.3) is 0 Å². The van der Waals surface area contributed by atoms with E-state index >= 15 is 0 Å². The number of aromatic nitrogens is 3. The fourth-order valence-corrected chi connectivity index (χ4v) is 22.3. The summed E-state index contributed by atoms with van der Waals surface area (Å²) < 4.78 is 19.5. The van der Waals surface area contributed by atoms with E-state index in [-0.39, 0.29) is 0 Å². The van der Waals surface area contributed by atoms with E-state index in [1.807, 2.05) is 97.1 Å². The third-order valence-electron chi connectivity index (χ3n) is 28.8. The van der Waals surface area contributed by atoms with Crippen LogP contribution in [0.5, 0.6) is 0 Å². The van der Waals surface area contributed by atoms with E-state index in [9.17, 15) is 0 Å². The van der Waals surface area contributed by atoms with E-state index in [1.54, 1.807) is 0 Å². The first-order valence-electron chi connectivity index (χ1n) is 49.2. The van der Waals surface area contributed by atoms with Gasteiger partial charge < -0.3 is 28.0 Å². The lowest BCUT2D eigenvalue weighted by Gasteiger charge is -2.32. The molecule has 0 unspecified atom stereocenters. The lowest BCUT2D eigenvalue weighted by Crippen LogP contribution is -2.26. The van der Waals surface area contributed by atoms with Crippen LogP contribution >= 0.6 is 0 Å². The molecule has 29 rings (SSSR count). The van der Waals surface area contributed by atoms with Crippen LogP contribution in [-0.4, -0.2) is 15.0 Å². The lowest BCUT2D eigenvalue weighted by molar-refractivity contribution is 0.620. The first-order chi connectivity index (χ1) is 71.9. The van der Waals surface area contributed by atoms with Gasteiger partial charge in [-0.2, -0.15) is 0 Å². The van der Waals surface area contributed by atoms with Crippen molar-refractivity contribution in [1.29, 1.82) is 0 Å². The Morgan fingerprint density at radius 2 is 0.503 bits per heavy atom. The topological polar surface area (TPSA) is 87.8 Å². The fourth-order valence-electron chi connectivity index (χ4n) is 22.3. The van der Waals surface area contributed by atoms with Gasteiger partial charge in [-0.05, 0) is 285 Å². The smallest absolute Gasteiger partial charge is 0.227 e. The van der Waals surface area contributed by atoms with Gasteiger partial charge in [-0.25, -0.2) is 15.0 Å². The molecule has 145 heavy (non-hydrogen) atoms. The number of hydrogen-bond acceptors (Lipinski definition) is 9. The van der Waals surface area contributed by atoms with E-state index in [1.165, 1.54) is 66.8 Å². The lowest BCUT2D eigenvalue weighted by atomic mass is 9.70. The molecule has 2 aliphatic carbocycles. The minimum Gasteiger partial charge on any atom is -0.436 e. The predicted molar refractivity (Wildman–Crippen MR) is 600 cm³/mol. The molecule has 0 atom stereocenters. The fraction of sp³-hybridized carbons (Fsp3) is 0.00735. The first-order valence-corrected chi connectivity index (χ1v) is 49.2. The molecule has 0 amide bonds. The zero-order valence-electron chi connectivity index (χ0n) is 78.7. The van der Waals surface area contributed by atoms with Crippen molar-refractivity contribution in [3.05, 3.63) is 556 Å². The Morgan fingerprint density at radius 3 is 0.972 bits per heavy atom. The van der Waals surface area contributed by atoms with Crippen molar-refractivity contribution in [1.82, 2.24) is 15.0 Å². The molecule has 680 valence electrons. The first kappa shape index (κ1) is 84.9. The van der Waals surface area contributed by atoms with Gasteiger partial charge >= 0.3 is 0 Å². The molecule has 27 aromatic rings. The molecule has 24 aromatic carbocycles. The number of anilines is 9. The maximum atomic E-state index is 6.61. The summed E-state index contributed by atoms with van der Waals surface area (Å²) in [6.07, 6.45) is 0. The standard InChI is InChI=1S/C52H32N2O.C45H30N2O.C39H26N2O/c1-3-13-35(14-4-1)51-53-48-30-26-34-24-23-33-25-27-37(31-43(33)49(34)50(48)55-51)54(36-15-5-2-6-16-36)38-28-29-42-41-19-9-12-22-46(41)52(47(42)32-38)44-20-10-7-17-39(44)40-18-8-11-21-45(40)52;1-4-12-31(13-5-1)39-18-10-11-19-40(39)32-22-26-37(27-23-32)47(36-16-8-3-9-17-36)38-28-24-33-20-21-34-25-29-42-44(43(34)41(33)30-38)48-45(46-42)35-14-6-2-7-15-35;1-5-13-27(14-6-1)30-25-34-33(35(26-30)41(31-17-9-3-10-18-31)32-19-11-4-12-20-32)23-21-28-22-24-36-38(37(28)34)40-39(42-36)29-15-7-2-8-16-29/h1-32H;1-30H;1-26H. The Kier molecular flexibility index (Phi) is 21.0. The monoisotopic (exact) mass is 1850 g/mol. The molecule has 0 aliphatic heterocycles. The third-order valence-corrected chi connectivity index (χ3v) is 28.8. The quantitative estimate of drug-likeness (QED) is 0.0931. The molecule has 0 fully saturated rings. The highest BCUT2D eigenvalue weighted by Crippen LogP contribution is 2.64. The molecule has 3 heterocycles. The highest BCUT2D eigenvalue weighted by Gasteiger charge is 2.52. The van der Waals surface area contributed by atoms with Gasteiger partial charge in [-0.1, -0.05) is 370 Å². The molecule has 9 heteroatoms. The van der Waals surface area contributed by atoms with Gasteiger partial charge in [0.15, 0.2) is 16.7 Å². The number of oxazole rings is 3. The second kappa shape index (κ2) is 35.8. The average molecular weight is 1850 g/mol. The summed E-state index contributed by atoms with van der Waals surface area (Å²) in [6.45, 7) is 0. The summed E-state index contributed by atoms with van der Waals surface area (Å²) in [5.41, 5.74) is 34.9. The van der Waals surface area contributed by atoms with E-state index in [0.29, 0.717) is 17.7 Å². The molecule has 2 aliphatic rings. The number of rotatable bonds is 15. The summed E-state index contributed by atoms with van der Waals surface area (Å²) in [7, 11) is 0. The van der Waals surface area contributed by atoms with Crippen LogP contribution in [0.3, 0.4) is 0 Å². The van der Waals surface area contributed by atoms with Crippen LogP contribution in [0.2, 0.25) is 0 Å². The summed E-state index contributed by atoms with van der Waals surface area (Å²) in [4.78, 5) is 21.9. The van der Waals surface area contributed by atoms with Crippen molar-refractivity contribution in [2.45, 2.75) is 5.41 Å². The van der Waals surface area contributed by atoms with Crippen LogP contribution in [0.25, 0.3) is 188 Å². The van der Waals surface area contributed by atoms with E-state index in [4.69, 9.17) is 28.2 Å². The Morgan fingerprint density at radius 1 is 0.179 bits per heavy atom. The third kappa shape index (κ3) is 14.8. The van der Waals surface area contributed by atoms with Gasteiger partial charge in [0.2, 0.25) is 17.7 Å². The van der Waals surface area contributed by atoms with Crippen molar-refractivity contribution in [3.63, 3.8) is 0 Å². The van der Waals surface area contributed by atoms with Crippen molar-refractivity contribution in [2.24, 2.45) is 0 Å². The maximum absolute atomic E-state index is 6.61. The minimum absolute atomic E-state index is 0.425. The average Bonchev–Trinajstić information content (AvgIpc) is 1.50. The zero-order chi connectivity index (χ0) is 95.8. The molecular formula is C136H88N6O3. The normalized spacial score (nSPS) is 12.1. The Labute approximate surface area is 837 Å². The molecule has 3 aromatic heterocycles. The van der Waals surface area contributed by atoms with Crippen LogP contribution in [-0.2, 0) is 5.41 Å². The summed E-state index contributed by atoms with van der Waals surface area (Å²) in [6, 6.07) is 189. The molecule has 9 nitrogen and oxygen atoms in total. The molecule has 0 saturated carbocycles. The van der Waals surface area contributed by atoms with Crippen LogP contribution < -0.4 is 14.7 Å². The largest absolute Gasteiger partial charge is 0.436 e. The molecule has 0 bridgehead atoms. The summed E-state index contributed by atoms with van der Waals surface area (Å²) in [5, 5.41) is 13.4. The number of hydrogen-bond donors (Lipinski definition) is 0. The van der Waals surface area contributed by atoms with Crippen LogP contribution in [0.4, 0.5) is 51.2 Å². The minimum atomic E-state index is -0.425. The van der Waals surface area contributed by atoms with Crippen molar-refractivity contribution in [3.8, 4) is 90.0 Å². The SMILES string of the molecule is c1ccc(-c2cc(N(c3ccccc3)c3ccccc3)c3ccc4ccc5oc(-c6ccccc6)nc5c4c3c2)cc1.c1ccc(-c2nc3ccc4ccc5ccc(N(c6ccccc6)c6ccc(-c7ccccc7-c7ccccc7)cc6)cc5c4c3o2)cc1.c1ccc(-c2nc3ccc4ccc5ccc(N(c6ccccc6)c6ccc7c(c6)C6(c8ccccc8-c8ccccc86)c6ccccc6-7)cc5c4c3o2)cc1. The van der Waals surface area contributed by atoms with Crippen LogP contribution in [0, 0.1) is 0 Å².